The molecule has 0 fully saturated rings. The molecule has 0 saturated heterocycles. The van der Waals surface area contributed by atoms with E-state index in [0.29, 0.717) is 17.4 Å². The number of rotatable bonds is 53. The van der Waals surface area contributed by atoms with Gasteiger partial charge in [0.2, 0.25) is 0 Å². The Labute approximate surface area is 404 Å². The number of quaternary nitrogens is 1. The minimum absolute atomic E-state index is 0.0374. The van der Waals surface area contributed by atoms with Gasteiger partial charge < -0.3 is 18.9 Å². The zero-order valence-electron chi connectivity index (χ0n) is 44.0. The second-order valence-electron chi connectivity index (χ2n) is 20.7. The molecule has 0 aromatic rings. The third-order valence-corrected chi connectivity index (χ3v) is 13.9. The van der Waals surface area contributed by atoms with Crippen LogP contribution in [0.3, 0.4) is 0 Å². The van der Waals surface area contributed by atoms with Crippen molar-refractivity contribution in [2.24, 2.45) is 0 Å². The Kier molecular flexibility index (Phi) is 47.3. The molecule has 0 amide bonds. The molecule has 9 nitrogen and oxygen atoms in total. The Hall–Kier alpha value is -0.990. The van der Waals surface area contributed by atoms with Crippen LogP contribution in [0.4, 0.5) is 0 Å². The van der Waals surface area contributed by atoms with E-state index in [1.807, 2.05) is 21.1 Å². The minimum Gasteiger partial charge on any atom is -0.462 e. The lowest BCUT2D eigenvalue weighted by Gasteiger charge is -2.24. The molecule has 10 heteroatoms. The number of ether oxygens (including phenoxy) is 2. The molecule has 65 heavy (non-hydrogen) atoms. The van der Waals surface area contributed by atoms with E-state index in [4.69, 9.17) is 18.5 Å². The minimum atomic E-state index is -4.38. The van der Waals surface area contributed by atoms with Gasteiger partial charge in [-0.05, 0) is 12.8 Å². The fraction of sp³-hybridized carbons (Fsp3) is 0.964. The monoisotopic (exact) mass is 945 g/mol. The van der Waals surface area contributed by atoms with E-state index in [0.717, 1.165) is 38.5 Å². The molecule has 0 rings (SSSR count). The van der Waals surface area contributed by atoms with Gasteiger partial charge in [-0.15, -0.1) is 0 Å². The number of carbonyl (C=O) groups excluding carboxylic acids is 2. The van der Waals surface area contributed by atoms with Gasteiger partial charge >= 0.3 is 19.8 Å². The van der Waals surface area contributed by atoms with E-state index in [9.17, 15) is 19.0 Å². The highest BCUT2D eigenvalue weighted by Crippen LogP contribution is 2.43. The first-order valence-corrected chi connectivity index (χ1v) is 29.8. The molecule has 0 bridgehead atoms. The molecule has 0 saturated carbocycles. The molecule has 2 unspecified atom stereocenters. The van der Waals surface area contributed by atoms with Gasteiger partial charge in [0, 0.05) is 12.8 Å². The number of nitrogens with zero attached hydrogens (tertiary/aromatic N) is 1. The highest BCUT2D eigenvalue weighted by molar-refractivity contribution is 7.47. The molecular formula is C55H111NO8P+. The van der Waals surface area contributed by atoms with Crippen LogP contribution in [0.2, 0.25) is 0 Å². The molecular weight excluding hydrogens is 834 g/mol. The summed E-state index contributed by atoms with van der Waals surface area (Å²) in [5.74, 6) is -0.774. The maximum absolute atomic E-state index is 12.8. The first-order chi connectivity index (χ1) is 31.5. The van der Waals surface area contributed by atoms with Crippen LogP contribution < -0.4 is 0 Å². The van der Waals surface area contributed by atoms with Crippen molar-refractivity contribution in [2.45, 2.75) is 296 Å². The van der Waals surface area contributed by atoms with Crippen molar-refractivity contribution in [3.63, 3.8) is 0 Å². The molecule has 0 aliphatic rings. The third-order valence-electron chi connectivity index (χ3n) is 12.9. The Morgan fingerprint density at radius 2 is 0.692 bits per heavy atom. The molecule has 388 valence electrons. The van der Waals surface area contributed by atoms with E-state index in [1.165, 1.54) is 225 Å². The summed E-state index contributed by atoms with van der Waals surface area (Å²) in [5, 5.41) is 0. The molecule has 0 aromatic heterocycles. The SMILES string of the molecule is CCCCCCCCCCCCCCCCCCCCCCCCCC(=O)OC(COC(=O)CCCCCCCCCCCCCCCCCCCC)COP(=O)(O)OCC[N+](C)(C)C. The molecule has 2 atom stereocenters. The number of unbranched alkanes of at least 4 members (excludes halogenated alkanes) is 39. The van der Waals surface area contributed by atoms with Crippen LogP contribution in [-0.4, -0.2) is 74.9 Å². The first kappa shape index (κ1) is 64.0. The van der Waals surface area contributed by atoms with Crippen molar-refractivity contribution in [3.05, 3.63) is 0 Å². The van der Waals surface area contributed by atoms with Crippen LogP contribution in [0.25, 0.3) is 0 Å². The van der Waals surface area contributed by atoms with Gasteiger partial charge in [-0.3, -0.25) is 18.6 Å². The quantitative estimate of drug-likeness (QED) is 0.0278. The van der Waals surface area contributed by atoms with E-state index >= 15 is 0 Å². The van der Waals surface area contributed by atoms with Crippen molar-refractivity contribution in [1.29, 1.82) is 0 Å². The average Bonchev–Trinajstić information content (AvgIpc) is 3.26. The van der Waals surface area contributed by atoms with Gasteiger partial charge in [-0.25, -0.2) is 4.57 Å². The summed E-state index contributed by atoms with van der Waals surface area (Å²) in [6, 6.07) is 0. The summed E-state index contributed by atoms with van der Waals surface area (Å²) in [5.41, 5.74) is 0. The second-order valence-corrected chi connectivity index (χ2v) is 22.1. The van der Waals surface area contributed by atoms with Crippen LogP contribution in [0, 0.1) is 0 Å². The van der Waals surface area contributed by atoms with Crippen LogP contribution in [0.15, 0.2) is 0 Å². The Balaban J connectivity index is 4.12. The van der Waals surface area contributed by atoms with Crippen LogP contribution in [0.1, 0.15) is 290 Å². The summed E-state index contributed by atoms with van der Waals surface area (Å²) in [4.78, 5) is 35.6. The van der Waals surface area contributed by atoms with Crippen LogP contribution in [0.5, 0.6) is 0 Å². The standard InChI is InChI=1S/C55H110NO8P/c1-6-8-10-12-14-16-18-20-22-24-26-27-28-29-30-32-34-36-38-40-42-44-46-48-55(58)64-53(52-63-65(59,60)62-50-49-56(3,4)5)51-61-54(57)47-45-43-41-39-37-35-33-31-25-23-21-19-17-15-13-11-9-7-2/h53H,6-52H2,1-5H3/p+1. The highest BCUT2D eigenvalue weighted by Gasteiger charge is 2.27. The number of esters is 2. The number of phosphoric ester groups is 1. The third kappa shape index (κ3) is 52.2. The normalized spacial score (nSPS) is 13.3. The number of hydrogen-bond acceptors (Lipinski definition) is 7. The van der Waals surface area contributed by atoms with Crippen LogP contribution in [-0.2, 0) is 32.7 Å². The van der Waals surface area contributed by atoms with E-state index in [2.05, 4.69) is 13.8 Å². The van der Waals surface area contributed by atoms with E-state index in [-0.39, 0.29) is 25.6 Å². The Morgan fingerprint density at radius 3 is 0.985 bits per heavy atom. The summed E-state index contributed by atoms with van der Waals surface area (Å²) in [7, 11) is 1.50. The molecule has 0 aliphatic heterocycles. The predicted molar refractivity (Wildman–Crippen MR) is 275 cm³/mol. The lowest BCUT2D eigenvalue weighted by molar-refractivity contribution is -0.870. The fourth-order valence-electron chi connectivity index (χ4n) is 8.49. The summed E-state index contributed by atoms with van der Waals surface area (Å²) in [6.45, 7) is 4.50. The number of carbonyl (C=O) groups is 2. The maximum atomic E-state index is 12.8. The van der Waals surface area contributed by atoms with Gasteiger partial charge in [0.25, 0.3) is 0 Å². The maximum Gasteiger partial charge on any atom is 0.472 e. The average molecular weight is 945 g/mol. The predicted octanol–water partition coefficient (Wildman–Crippen LogP) is 17.1. The lowest BCUT2D eigenvalue weighted by Crippen LogP contribution is -2.37. The summed E-state index contributed by atoms with van der Waals surface area (Å²) < 4.78 is 34.6. The first-order valence-electron chi connectivity index (χ1n) is 28.3. The number of likely N-dealkylation sites (N-methyl/N-ethyl adjacent to an activating group) is 1. The largest absolute Gasteiger partial charge is 0.472 e. The molecule has 0 aliphatic carbocycles. The second kappa shape index (κ2) is 48.1. The van der Waals surface area contributed by atoms with Gasteiger partial charge in [-0.2, -0.15) is 0 Å². The molecule has 0 radical (unpaired) electrons. The van der Waals surface area contributed by atoms with Gasteiger partial charge in [0.15, 0.2) is 6.10 Å². The van der Waals surface area contributed by atoms with Crippen molar-refractivity contribution in [2.75, 3.05) is 47.5 Å². The number of phosphoric acid groups is 1. The van der Waals surface area contributed by atoms with Crippen molar-refractivity contribution in [3.8, 4) is 0 Å². The number of hydrogen-bond donors (Lipinski definition) is 1. The topological polar surface area (TPSA) is 108 Å². The van der Waals surface area contributed by atoms with Gasteiger partial charge in [0.05, 0.1) is 27.7 Å². The Morgan fingerprint density at radius 1 is 0.415 bits per heavy atom. The molecule has 0 aromatic carbocycles. The van der Waals surface area contributed by atoms with Gasteiger partial charge in [0.1, 0.15) is 19.8 Å². The van der Waals surface area contributed by atoms with Gasteiger partial charge in [-0.1, -0.05) is 264 Å². The fourth-order valence-corrected chi connectivity index (χ4v) is 9.23. The van der Waals surface area contributed by atoms with E-state index in [1.54, 1.807) is 0 Å². The van der Waals surface area contributed by atoms with Crippen molar-refractivity contribution < 1.29 is 42.1 Å². The Bertz CT molecular complexity index is 1070. The highest BCUT2D eigenvalue weighted by atomic mass is 31.2. The zero-order chi connectivity index (χ0) is 47.8. The molecule has 1 N–H and O–H groups in total. The van der Waals surface area contributed by atoms with Crippen LogP contribution >= 0.6 is 7.82 Å². The lowest BCUT2D eigenvalue weighted by atomic mass is 10.0. The smallest absolute Gasteiger partial charge is 0.462 e. The van der Waals surface area contributed by atoms with E-state index < -0.39 is 26.5 Å². The van der Waals surface area contributed by atoms with Crippen molar-refractivity contribution >= 4 is 19.8 Å². The van der Waals surface area contributed by atoms with Crippen molar-refractivity contribution in [1.82, 2.24) is 0 Å². The summed E-state index contributed by atoms with van der Waals surface area (Å²) in [6.07, 6.45) is 53.1. The molecule has 0 spiro atoms. The molecule has 0 heterocycles. The summed E-state index contributed by atoms with van der Waals surface area (Å²) >= 11 is 0. The zero-order valence-corrected chi connectivity index (χ0v) is 44.9.